The number of aromatic amines is 2. The number of hydrogen-bond acceptors (Lipinski definition) is 0. The Labute approximate surface area is 224 Å². The van der Waals surface area contributed by atoms with Crippen molar-refractivity contribution in [3.05, 3.63) is 145 Å². The van der Waals surface area contributed by atoms with E-state index in [9.17, 15) is 13.2 Å². The molecule has 0 saturated heterocycles. The predicted molar refractivity (Wildman–Crippen MR) is 151 cm³/mol. The molecule has 5 heteroatoms. The van der Waals surface area contributed by atoms with E-state index >= 15 is 0 Å². The van der Waals surface area contributed by atoms with Crippen LogP contribution in [0.4, 0.5) is 13.2 Å². The summed E-state index contributed by atoms with van der Waals surface area (Å²) in [5, 5.41) is 0. The summed E-state index contributed by atoms with van der Waals surface area (Å²) >= 11 is 0. The number of aromatic nitrogens is 2. The van der Waals surface area contributed by atoms with E-state index in [4.69, 9.17) is 0 Å². The topological polar surface area (TPSA) is 31.6 Å². The zero-order chi connectivity index (χ0) is 26.8. The Morgan fingerprint density at radius 3 is 1.08 bits per heavy atom. The lowest BCUT2D eigenvalue weighted by Gasteiger charge is -2.18. The first-order chi connectivity index (χ1) is 19.0. The first-order valence-corrected chi connectivity index (χ1v) is 12.7. The minimum absolute atomic E-state index is 0.0949. The molecule has 0 bridgehead atoms. The Kier molecular flexibility index (Phi) is 6.41. The van der Waals surface area contributed by atoms with Gasteiger partial charge in [0.2, 0.25) is 0 Å². The van der Waals surface area contributed by atoms with Crippen LogP contribution in [0.25, 0.3) is 44.8 Å². The fourth-order valence-corrected chi connectivity index (χ4v) is 4.96. The summed E-state index contributed by atoms with van der Waals surface area (Å²) in [4.78, 5) is 6.06. The molecule has 2 nitrogen and oxygen atoms in total. The van der Waals surface area contributed by atoms with Gasteiger partial charge in [-0.15, -0.1) is 0 Å². The molecule has 0 saturated carbocycles. The van der Waals surface area contributed by atoms with Crippen LogP contribution in [0.2, 0.25) is 0 Å². The van der Waals surface area contributed by atoms with Crippen molar-refractivity contribution in [3.8, 4) is 44.8 Å². The summed E-state index contributed by atoms with van der Waals surface area (Å²) in [7, 11) is 0. The standard InChI is InChI=1S/C34H25F3N2/c35-34(36,37)33(31-21-19-29(38-31)27-15-11-25(12-16-27)23-7-3-1-4-8-23)32-22-20-30(39-32)28-17-13-26(14-18-28)24-9-5-2-6-10-24/h1-22,33,38-39H. The third kappa shape index (κ3) is 5.16. The number of rotatable bonds is 6. The Morgan fingerprint density at radius 2 is 0.718 bits per heavy atom. The molecule has 0 amide bonds. The van der Waals surface area contributed by atoms with Gasteiger partial charge in [-0.05, 0) is 57.6 Å². The maximum atomic E-state index is 14.4. The van der Waals surface area contributed by atoms with Gasteiger partial charge in [0, 0.05) is 22.8 Å². The number of halogens is 3. The zero-order valence-corrected chi connectivity index (χ0v) is 20.9. The molecule has 0 aliphatic heterocycles. The van der Waals surface area contributed by atoms with Gasteiger partial charge in [-0.1, -0.05) is 109 Å². The van der Waals surface area contributed by atoms with Crippen molar-refractivity contribution in [3.63, 3.8) is 0 Å². The van der Waals surface area contributed by atoms with E-state index in [1.165, 1.54) is 12.1 Å². The van der Waals surface area contributed by atoms with Crippen molar-refractivity contribution in [1.29, 1.82) is 0 Å². The van der Waals surface area contributed by atoms with Crippen molar-refractivity contribution in [1.82, 2.24) is 9.97 Å². The minimum Gasteiger partial charge on any atom is -0.358 e. The second-order valence-corrected chi connectivity index (χ2v) is 9.52. The highest BCUT2D eigenvalue weighted by Crippen LogP contribution is 2.41. The van der Waals surface area contributed by atoms with E-state index < -0.39 is 12.1 Å². The molecule has 0 fully saturated rings. The first kappa shape index (κ1) is 24.6. The van der Waals surface area contributed by atoms with Crippen LogP contribution in [0, 0.1) is 0 Å². The Balaban J connectivity index is 1.26. The van der Waals surface area contributed by atoms with Crippen LogP contribution in [0.1, 0.15) is 17.3 Å². The molecule has 4 aromatic carbocycles. The van der Waals surface area contributed by atoms with Crippen molar-refractivity contribution in [2.24, 2.45) is 0 Å². The van der Waals surface area contributed by atoms with E-state index in [0.717, 1.165) is 33.4 Å². The number of H-pyrrole nitrogens is 2. The monoisotopic (exact) mass is 518 g/mol. The summed E-state index contributed by atoms with van der Waals surface area (Å²) in [5.74, 6) is -1.80. The molecule has 6 rings (SSSR count). The lowest BCUT2D eigenvalue weighted by atomic mass is 10.0. The average molecular weight is 519 g/mol. The van der Waals surface area contributed by atoms with Gasteiger partial charge in [-0.2, -0.15) is 13.2 Å². The van der Waals surface area contributed by atoms with Crippen molar-refractivity contribution >= 4 is 0 Å². The minimum atomic E-state index is -4.47. The van der Waals surface area contributed by atoms with Crippen molar-refractivity contribution in [2.45, 2.75) is 12.1 Å². The van der Waals surface area contributed by atoms with Gasteiger partial charge >= 0.3 is 6.18 Å². The van der Waals surface area contributed by atoms with Crippen LogP contribution in [0.15, 0.2) is 133 Å². The SMILES string of the molecule is FC(F)(F)C(c1ccc(-c2ccc(-c3ccccc3)cc2)[nH]1)c1ccc(-c2ccc(-c3ccccc3)cc2)[nH]1. The van der Waals surface area contributed by atoms with Gasteiger partial charge < -0.3 is 9.97 Å². The van der Waals surface area contributed by atoms with Gasteiger partial charge in [0.05, 0.1) is 0 Å². The number of nitrogens with one attached hydrogen (secondary N) is 2. The van der Waals surface area contributed by atoms with Gasteiger partial charge in [-0.3, -0.25) is 0 Å². The smallest absolute Gasteiger partial charge is 0.358 e. The fourth-order valence-electron chi connectivity index (χ4n) is 4.96. The van der Waals surface area contributed by atoms with Crippen LogP contribution in [0.5, 0.6) is 0 Å². The lowest BCUT2D eigenvalue weighted by molar-refractivity contribution is -0.142. The number of hydrogen-bond donors (Lipinski definition) is 2. The van der Waals surface area contributed by atoms with Gasteiger partial charge in [0.25, 0.3) is 0 Å². The highest BCUT2D eigenvalue weighted by atomic mass is 19.4. The third-order valence-electron chi connectivity index (χ3n) is 6.97. The fraction of sp³-hybridized carbons (Fsp3) is 0.0588. The van der Waals surface area contributed by atoms with E-state index in [1.807, 2.05) is 109 Å². The van der Waals surface area contributed by atoms with Crippen molar-refractivity contribution in [2.75, 3.05) is 0 Å². The lowest BCUT2D eigenvalue weighted by Crippen LogP contribution is -2.22. The molecule has 39 heavy (non-hydrogen) atoms. The molecule has 2 aromatic heterocycles. The number of alkyl halides is 3. The molecule has 192 valence electrons. The Bertz CT molecular complexity index is 1540. The maximum Gasteiger partial charge on any atom is 0.402 e. The van der Waals surface area contributed by atoms with Crippen LogP contribution in [-0.2, 0) is 0 Å². The molecule has 2 heterocycles. The summed E-state index contributed by atoms with van der Waals surface area (Å²) in [6, 6.07) is 42.0. The second kappa shape index (κ2) is 10.2. The normalized spacial score (nSPS) is 11.7. The Hall–Kier alpha value is -4.77. The Morgan fingerprint density at radius 1 is 0.385 bits per heavy atom. The first-order valence-electron chi connectivity index (χ1n) is 12.7. The largest absolute Gasteiger partial charge is 0.402 e. The maximum absolute atomic E-state index is 14.4. The molecule has 2 N–H and O–H groups in total. The zero-order valence-electron chi connectivity index (χ0n) is 20.9. The van der Waals surface area contributed by atoms with Crippen LogP contribution in [-0.4, -0.2) is 16.1 Å². The van der Waals surface area contributed by atoms with Gasteiger partial charge in [0.1, 0.15) is 5.92 Å². The summed E-state index contributed by atoms with van der Waals surface area (Å²) in [5.41, 5.74) is 7.40. The molecule has 0 aliphatic rings. The average Bonchev–Trinajstić information content (AvgIpc) is 3.65. The van der Waals surface area contributed by atoms with Crippen molar-refractivity contribution < 1.29 is 13.2 Å². The number of benzene rings is 4. The van der Waals surface area contributed by atoms with Gasteiger partial charge in [-0.25, -0.2) is 0 Å². The highest BCUT2D eigenvalue weighted by molar-refractivity contribution is 5.70. The van der Waals surface area contributed by atoms with Crippen LogP contribution < -0.4 is 0 Å². The quantitative estimate of drug-likeness (QED) is 0.220. The highest BCUT2D eigenvalue weighted by Gasteiger charge is 2.43. The molecular formula is C34H25F3N2. The molecule has 0 aliphatic carbocycles. The second-order valence-electron chi connectivity index (χ2n) is 9.52. The van der Waals surface area contributed by atoms with E-state index in [2.05, 4.69) is 9.97 Å². The third-order valence-corrected chi connectivity index (χ3v) is 6.97. The van der Waals surface area contributed by atoms with E-state index in [-0.39, 0.29) is 11.4 Å². The summed E-state index contributed by atoms with van der Waals surface area (Å²) < 4.78 is 43.1. The van der Waals surface area contributed by atoms with Gasteiger partial charge in [0.15, 0.2) is 0 Å². The van der Waals surface area contributed by atoms with E-state index in [1.54, 1.807) is 12.1 Å². The summed E-state index contributed by atoms with van der Waals surface area (Å²) in [6.07, 6.45) is -4.47. The molecule has 0 unspecified atom stereocenters. The van der Waals surface area contributed by atoms with Crippen LogP contribution >= 0.6 is 0 Å². The summed E-state index contributed by atoms with van der Waals surface area (Å²) in [6.45, 7) is 0. The molecule has 0 spiro atoms. The molecule has 0 atom stereocenters. The van der Waals surface area contributed by atoms with E-state index in [0.29, 0.717) is 11.4 Å². The molecule has 0 radical (unpaired) electrons. The predicted octanol–water partition coefficient (Wildman–Crippen LogP) is 9.70. The van der Waals surface area contributed by atoms with Crippen LogP contribution in [0.3, 0.4) is 0 Å². The molecular weight excluding hydrogens is 493 g/mol. The molecule has 6 aromatic rings.